The summed E-state index contributed by atoms with van der Waals surface area (Å²) in [6.45, 7) is 4.99. The summed E-state index contributed by atoms with van der Waals surface area (Å²) in [4.78, 5) is 48.7. The van der Waals surface area contributed by atoms with Gasteiger partial charge in [-0.2, -0.15) is 0 Å². The van der Waals surface area contributed by atoms with Gasteiger partial charge in [0.25, 0.3) is 0 Å². The Kier molecular flexibility index (Phi) is 6.49. The lowest BCUT2D eigenvalue weighted by molar-refractivity contribution is -0.163. The first-order valence-corrected chi connectivity index (χ1v) is 8.69. The van der Waals surface area contributed by atoms with Crippen LogP contribution in [0, 0.1) is 11.8 Å². The van der Waals surface area contributed by atoms with Crippen LogP contribution in [0.15, 0.2) is 18.2 Å². The van der Waals surface area contributed by atoms with Gasteiger partial charge in [0, 0.05) is 23.6 Å². The SMILES string of the molecule is CCOC(=O)C(C(=O)OCC)C(C)C(=O)c1ccc2c(c1)CCC(=O)N2. The molecule has 0 aliphatic carbocycles. The van der Waals surface area contributed by atoms with Gasteiger partial charge in [-0.15, -0.1) is 0 Å². The maximum Gasteiger partial charge on any atom is 0.321 e. The number of benzene rings is 1. The van der Waals surface area contributed by atoms with E-state index in [0.717, 1.165) is 5.56 Å². The molecule has 140 valence electrons. The summed E-state index contributed by atoms with van der Waals surface area (Å²) in [5.74, 6) is -4.18. The number of ketones is 1. The number of aryl methyl sites for hydroxylation is 1. The van der Waals surface area contributed by atoms with Gasteiger partial charge < -0.3 is 14.8 Å². The second-order valence-electron chi connectivity index (χ2n) is 6.05. The van der Waals surface area contributed by atoms with E-state index in [-0.39, 0.29) is 24.9 Å². The highest BCUT2D eigenvalue weighted by Gasteiger charge is 2.39. The van der Waals surface area contributed by atoms with Crippen molar-refractivity contribution >= 4 is 29.3 Å². The molecule has 2 rings (SSSR count). The molecule has 1 aromatic rings. The Morgan fingerprint density at radius 3 is 2.27 bits per heavy atom. The first-order valence-electron chi connectivity index (χ1n) is 8.69. The summed E-state index contributed by atoms with van der Waals surface area (Å²) in [6, 6.07) is 4.94. The highest BCUT2D eigenvalue weighted by atomic mass is 16.6. The van der Waals surface area contributed by atoms with E-state index in [1.165, 1.54) is 6.92 Å². The lowest BCUT2D eigenvalue weighted by Gasteiger charge is -2.21. The van der Waals surface area contributed by atoms with Crippen LogP contribution < -0.4 is 5.32 Å². The van der Waals surface area contributed by atoms with Crippen molar-refractivity contribution in [3.8, 4) is 0 Å². The normalized spacial score (nSPS) is 14.2. The zero-order valence-electron chi connectivity index (χ0n) is 15.2. The number of hydrogen-bond donors (Lipinski definition) is 1. The molecule has 1 unspecified atom stereocenters. The van der Waals surface area contributed by atoms with Crippen LogP contribution in [0.1, 0.15) is 43.1 Å². The summed E-state index contributed by atoms with van der Waals surface area (Å²) < 4.78 is 9.88. The smallest absolute Gasteiger partial charge is 0.321 e. The summed E-state index contributed by atoms with van der Waals surface area (Å²) in [5.41, 5.74) is 1.91. The molecule has 7 heteroatoms. The molecule has 0 bridgehead atoms. The first kappa shape index (κ1) is 19.6. The molecule has 0 aromatic heterocycles. The molecular formula is C19H23NO6. The van der Waals surface area contributed by atoms with Gasteiger partial charge in [-0.25, -0.2) is 0 Å². The van der Waals surface area contributed by atoms with E-state index in [4.69, 9.17) is 9.47 Å². The molecule has 7 nitrogen and oxygen atoms in total. The van der Waals surface area contributed by atoms with Gasteiger partial charge in [0.2, 0.25) is 5.91 Å². The number of esters is 2. The Morgan fingerprint density at radius 2 is 1.69 bits per heavy atom. The third-order valence-corrected chi connectivity index (χ3v) is 4.28. The number of carbonyl (C=O) groups excluding carboxylic acids is 4. The Hall–Kier alpha value is -2.70. The second-order valence-corrected chi connectivity index (χ2v) is 6.05. The zero-order valence-corrected chi connectivity index (χ0v) is 15.2. The van der Waals surface area contributed by atoms with Crippen LogP contribution >= 0.6 is 0 Å². The summed E-state index contributed by atoms with van der Waals surface area (Å²) in [5, 5.41) is 2.75. The molecule has 0 radical (unpaired) electrons. The summed E-state index contributed by atoms with van der Waals surface area (Å²) >= 11 is 0. The molecule has 1 heterocycles. The van der Waals surface area contributed by atoms with Crippen LogP contribution in [0.5, 0.6) is 0 Å². The summed E-state index contributed by atoms with van der Waals surface area (Å²) in [6.07, 6.45) is 0.893. The molecule has 1 amide bonds. The fourth-order valence-electron chi connectivity index (χ4n) is 2.92. The number of Topliss-reactive ketones (excluding diaryl/α,β-unsaturated/α-hetero) is 1. The molecule has 1 aromatic carbocycles. The second kappa shape index (κ2) is 8.60. The average Bonchev–Trinajstić information content (AvgIpc) is 2.61. The molecule has 1 aliphatic heterocycles. The number of rotatable bonds is 7. The number of anilines is 1. The summed E-state index contributed by atoms with van der Waals surface area (Å²) in [7, 11) is 0. The van der Waals surface area contributed by atoms with Crippen molar-refractivity contribution < 1.29 is 28.7 Å². The fraction of sp³-hybridized carbons (Fsp3) is 0.474. The van der Waals surface area contributed by atoms with Gasteiger partial charge in [0.15, 0.2) is 11.7 Å². The van der Waals surface area contributed by atoms with Crippen molar-refractivity contribution in [3.63, 3.8) is 0 Å². The number of hydrogen-bond acceptors (Lipinski definition) is 6. The predicted molar refractivity (Wildman–Crippen MR) is 93.6 cm³/mol. The van der Waals surface area contributed by atoms with Crippen molar-refractivity contribution in [2.24, 2.45) is 11.8 Å². The molecule has 1 aliphatic rings. The van der Waals surface area contributed by atoms with Crippen LogP contribution in [0.25, 0.3) is 0 Å². The average molecular weight is 361 g/mol. The van der Waals surface area contributed by atoms with Crippen molar-refractivity contribution in [3.05, 3.63) is 29.3 Å². The van der Waals surface area contributed by atoms with Crippen LogP contribution in [0.3, 0.4) is 0 Å². The number of fused-ring (bicyclic) bond motifs is 1. The van der Waals surface area contributed by atoms with Gasteiger partial charge in [-0.05, 0) is 44.0 Å². The number of amides is 1. The third kappa shape index (κ3) is 4.28. The number of ether oxygens (including phenoxy) is 2. The fourth-order valence-corrected chi connectivity index (χ4v) is 2.92. The van der Waals surface area contributed by atoms with Gasteiger partial charge in [-0.1, -0.05) is 6.92 Å². The third-order valence-electron chi connectivity index (χ3n) is 4.28. The zero-order chi connectivity index (χ0) is 19.3. The van der Waals surface area contributed by atoms with Crippen molar-refractivity contribution in [1.29, 1.82) is 0 Å². The van der Waals surface area contributed by atoms with Gasteiger partial charge in [0.1, 0.15) is 0 Å². The van der Waals surface area contributed by atoms with E-state index in [2.05, 4.69) is 5.32 Å². The molecule has 0 fully saturated rings. The molecular weight excluding hydrogens is 338 g/mol. The monoisotopic (exact) mass is 361 g/mol. The highest BCUT2D eigenvalue weighted by Crippen LogP contribution is 2.27. The lowest BCUT2D eigenvalue weighted by Crippen LogP contribution is -2.37. The number of carbonyl (C=O) groups is 4. The standard InChI is InChI=1S/C19H23NO6/c1-4-25-18(23)16(19(24)26-5-2)11(3)17(22)13-6-8-14-12(10-13)7-9-15(21)20-14/h6,8,10-11,16H,4-5,7,9H2,1-3H3,(H,20,21). The Labute approximate surface area is 152 Å². The maximum atomic E-state index is 12.9. The topological polar surface area (TPSA) is 98.8 Å². The molecule has 1 atom stereocenters. The minimum absolute atomic E-state index is 0.0605. The Bertz CT molecular complexity index is 709. The van der Waals surface area contributed by atoms with E-state index in [9.17, 15) is 19.2 Å². The minimum atomic E-state index is -1.31. The van der Waals surface area contributed by atoms with E-state index >= 15 is 0 Å². The van der Waals surface area contributed by atoms with E-state index in [0.29, 0.717) is 24.1 Å². The van der Waals surface area contributed by atoms with Crippen LogP contribution in [0.4, 0.5) is 5.69 Å². The van der Waals surface area contributed by atoms with Gasteiger partial charge >= 0.3 is 11.9 Å². The molecule has 26 heavy (non-hydrogen) atoms. The largest absolute Gasteiger partial charge is 0.465 e. The van der Waals surface area contributed by atoms with Gasteiger partial charge in [0.05, 0.1) is 13.2 Å². The molecule has 1 N–H and O–H groups in total. The van der Waals surface area contributed by atoms with Crippen LogP contribution in [0.2, 0.25) is 0 Å². The molecule has 0 saturated carbocycles. The van der Waals surface area contributed by atoms with Crippen molar-refractivity contribution in [2.45, 2.75) is 33.6 Å². The molecule has 0 spiro atoms. The van der Waals surface area contributed by atoms with E-state index < -0.39 is 23.8 Å². The maximum absolute atomic E-state index is 12.9. The Balaban J connectivity index is 2.26. The predicted octanol–water partition coefficient (Wildman–Crippen LogP) is 2.13. The van der Waals surface area contributed by atoms with E-state index in [1.54, 1.807) is 32.0 Å². The minimum Gasteiger partial charge on any atom is -0.465 e. The number of nitrogens with one attached hydrogen (secondary N) is 1. The van der Waals surface area contributed by atoms with Crippen LogP contribution in [-0.4, -0.2) is 36.8 Å². The lowest BCUT2D eigenvalue weighted by atomic mass is 9.86. The first-order chi connectivity index (χ1) is 12.4. The van der Waals surface area contributed by atoms with E-state index in [1.807, 2.05) is 0 Å². The van der Waals surface area contributed by atoms with Crippen molar-refractivity contribution in [2.75, 3.05) is 18.5 Å². The van der Waals surface area contributed by atoms with Crippen molar-refractivity contribution in [1.82, 2.24) is 0 Å². The van der Waals surface area contributed by atoms with Crippen LogP contribution in [-0.2, 0) is 30.3 Å². The highest BCUT2D eigenvalue weighted by molar-refractivity contribution is 6.06. The Morgan fingerprint density at radius 1 is 1.08 bits per heavy atom. The quantitative estimate of drug-likeness (QED) is 0.454. The molecule has 0 saturated heterocycles. The van der Waals surface area contributed by atoms with Gasteiger partial charge in [-0.3, -0.25) is 19.2 Å².